The van der Waals surface area contributed by atoms with E-state index in [9.17, 15) is 17.6 Å². The van der Waals surface area contributed by atoms with Gasteiger partial charge in [0.05, 0.1) is 25.1 Å². The lowest BCUT2D eigenvalue weighted by atomic mass is 10.0. The summed E-state index contributed by atoms with van der Waals surface area (Å²) < 4.78 is 45.0. The molecule has 0 bridgehead atoms. The van der Waals surface area contributed by atoms with Crippen LogP contribution in [0.4, 0.5) is 10.1 Å². The number of aryl methyl sites for hydroxylation is 1. The molecule has 0 saturated carbocycles. The second-order valence-electron chi connectivity index (χ2n) is 6.88. The first kappa shape index (κ1) is 22.7. The standard InChI is InChI=1S/C21H27FN2O4S/c1-6-18(16-11-12-20(28-4)14(2)13-16)23-21(25)15(3)24(29(5,26)27)19-10-8-7-9-17(19)22/h7-13,15,18H,6H2,1-5H3,(H,23,25)/t15-,18-/m0/s1. The van der Waals surface area contributed by atoms with Crippen LogP contribution >= 0.6 is 0 Å². The Kier molecular flexibility index (Phi) is 7.24. The Morgan fingerprint density at radius 2 is 1.90 bits per heavy atom. The van der Waals surface area contributed by atoms with Gasteiger partial charge in [-0.3, -0.25) is 9.10 Å². The highest BCUT2D eigenvalue weighted by Gasteiger charge is 2.31. The fourth-order valence-corrected chi connectivity index (χ4v) is 4.42. The summed E-state index contributed by atoms with van der Waals surface area (Å²) in [4.78, 5) is 12.9. The summed E-state index contributed by atoms with van der Waals surface area (Å²) in [5, 5.41) is 2.88. The summed E-state index contributed by atoms with van der Waals surface area (Å²) in [6.45, 7) is 5.26. The molecule has 29 heavy (non-hydrogen) atoms. The van der Waals surface area contributed by atoms with Crippen molar-refractivity contribution in [1.29, 1.82) is 0 Å². The number of halogens is 1. The first-order valence-corrected chi connectivity index (χ1v) is 11.1. The smallest absolute Gasteiger partial charge is 0.244 e. The van der Waals surface area contributed by atoms with Crippen molar-refractivity contribution in [2.75, 3.05) is 17.7 Å². The molecule has 0 radical (unpaired) electrons. The molecule has 0 saturated heterocycles. The second kappa shape index (κ2) is 9.26. The number of benzene rings is 2. The van der Waals surface area contributed by atoms with Gasteiger partial charge in [-0.1, -0.05) is 31.2 Å². The van der Waals surface area contributed by atoms with E-state index < -0.39 is 27.8 Å². The van der Waals surface area contributed by atoms with Crippen LogP contribution in [0.3, 0.4) is 0 Å². The molecule has 2 rings (SSSR count). The van der Waals surface area contributed by atoms with Crippen molar-refractivity contribution in [1.82, 2.24) is 5.32 Å². The number of sulfonamides is 1. The topological polar surface area (TPSA) is 75.7 Å². The summed E-state index contributed by atoms with van der Waals surface area (Å²) in [7, 11) is -2.30. The molecule has 6 nitrogen and oxygen atoms in total. The van der Waals surface area contributed by atoms with E-state index in [2.05, 4.69) is 5.32 Å². The lowest BCUT2D eigenvalue weighted by molar-refractivity contribution is -0.122. The predicted octanol–water partition coefficient (Wildman–Crippen LogP) is 3.56. The molecule has 158 valence electrons. The van der Waals surface area contributed by atoms with E-state index in [0.29, 0.717) is 6.42 Å². The Balaban J connectivity index is 2.31. The SMILES string of the molecule is CC[C@H](NC(=O)[C@H](C)N(c1ccccc1F)S(C)(=O)=O)c1ccc(OC)c(C)c1. The van der Waals surface area contributed by atoms with Gasteiger partial charge in [-0.15, -0.1) is 0 Å². The van der Waals surface area contributed by atoms with E-state index in [4.69, 9.17) is 4.74 Å². The number of rotatable bonds is 8. The van der Waals surface area contributed by atoms with Crippen LogP contribution in [0.1, 0.15) is 37.4 Å². The van der Waals surface area contributed by atoms with E-state index in [1.165, 1.54) is 25.1 Å². The maximum atomic E-state index is 14.3. The summed E-state index contributed by atoms with van der Waals surface area (Å²) in [5.74, 6) is -0.486. The molecule has 0 unspecified atom stereocenters. The maximum Gasteiger partial charge on any atom is 0.244 e. The number of carbonyl (C=O) groups excluding carboxylic acids is 1. The molecule has 0 aliphatic heterocycles. The van der Waals surface area contributed by atoms with E-state index in [-0.39, 0.29) is 11.7 Å². The molecule has 0 aliphatic carbocycles. The molecule has 0 aromatic heterocycles. The molecular formula is C21H27FN2O4S. The second-order valence-corrected chi connectivity index (χ2v) is 8.74. The van der Waals surface area contributed by atoms with Crippen molar-refractivity contribution in [3.8, 4) is 5.75 Å². The van der Waals surface area contributed by atoms with Crippen LogP contribution < -0.4 is 14.4 Å². The molecule has 2 aromatic rings. The van der Waals surface area contributed by atoms with Crippen molar-refractivity contribution in [2.45, 2.75) is 39.3 Å². The van der Waals surface area contributed by atoms with Crippen LogP contribution in [0.25, 0.3) is 0 Å². The van der Waals surface area contributed by atoms with Crippen LogP contribution in [-0.4, -0.2) is 33.7 Å². The molecular weight excluding hydrogens is 395 g/mol. The average molecular weight is 423 g/mol. The number of anilines is 1. The molecule has 0 spiro atoms. The summed E-state index contributed by atoms with van der Waals surface area (Å²) in [6, 6.07) is 9.63. The largest absolute Gasteiger partial charge is 0.496 e. The summed E-state index contributed by atoms with van der Waals surface area (Å²) in [6.07, 6.45) is 1.55. The quantitative estimate of drug-likeness (QED) is 0.706. The fraction of sp³-hybridized carbons (Fsp3) is 0.381. The molecule has 2 aromatic carbocycles. The van der Waals surface area contributed by atoms with Gasteiger partial charge in [0.15, 0.2) is 0 Å². The first-order valence-electron chi connectivity index (χ1n) is 9.29. The Labute approximate surface area is 171 Å². The van der Waals surface area contributed by atoms with Crippen molar-refractivity contribution >= 4 is 21.6 Å². The summed E-state index contributed by atoms with van der Waals surface area (Å²) in [5.41, 5.74) is 1.64. The predicted molar refractivity (Wildman–Crippen MR) is 112 cm³/mol. The van der Waals surface area contributed by atoms with Gasteiger partial charge in [0.2, 0.25) is 15.9 Å². The number of nitrogens with zero attached hydrogens (tertiary/aromatic N) is 1. The first-order chi connectivity index (χ1) is 13.6. The van der Waals surface area contributed by atoms with Crippen molar-refractivity contribution in [3.63, 3.8) is 0 Å². The minimum absolute atomic E-state index is 0.161. The molecule has 2 atom stereocenters. The monoisotopic (exact) mass is 422 g/mol. The maximum absolute atomic E-state index is 14.3. The zero-order valence-corrected chi connectivity index (χ0v) is 18.1. The minimum Gasteiger partial charge on any atom is -0.496 e. The van der Waals surface area contributed by atoms with Gasteiger partial charge in [-0.05, 0) is 49.6 Å². The number of nitrogens with one attached hydrogen (secondary N) is 1. The number of hydrogen-bond donors (Lipinski definition) is 1. The van der Waals surface area contributed by atoms with Gasteiger partial charge in [-0.25, -0.2) is 12.8 Å². The number of hydrogen-bond acceptors (Lipinski definition) is 4. The van der Waals surface area contributed by atoms with Crippen LogP contribution in [0.2, 0.25) is 0 Å². The van der Waals surface area contributed by atoms with E-state index in [1.54, 1.807) is 7.11 Å². The Morgan fingerprint density at radius 3 is 2.41 bits per heavy atom. The van der Waals surface area contributed by atoms with Gasteiger partial charge in [0.25, 0.3) is 0 Å². The van der Waals surface area contributed by atoms with E-state index in [0.717, 1.165) is 33.5 Å². The van der Waals surface area contributed by atoms with Crippen LogP contribution in [0.5, 0.6) is 5.75 Å². The zero-order valence-electron chi connectivity index (χ0n) is 17.3. The highest BCUT2D eigenvalue weighted by molar-refractivity contribution is 7.92. The lowest BCUT2D eigenvalue weighted by Crippen LogP contribution is -2.48. The lowest BCUT2D eigenvalue weighted by Gasteiger charge is -2.30. The Morgan fingerprint density at radius 1 is 1.24 bits per heavy atom. The minimum atomic E-state index is -3.89. The van der Waals surface area contributed by atoms with Gasteiger partial charge in [0, 0.05) is 0 Å². The van der Waals surface area contributed by atoms with Crippen LogP contribution in [0.15, 0.2) is 42.5 Å². The molecule has 0 aliphatic rings. The number of carbonyl (C=O) groups is 1. The van der Waals surface area contributed by atoms with Gasteiger partial charge < -0.3 is 10.1 Å². The third kappa shape index (κ3) is 5.26. The number of para-hydroxylation sites is 1. The number of methoxy groups -OCH3 is 1. The third-order valence-corrected chi connectivity index (χ3v) is 5.95. The van der Waals surface area contributed by atoms with Gasteiger partial charge >= 0.3 is 0 Å². The van der Waals surface area contributed by atoms with Gasteiger partial charge in [-0.2, -0.15) is 0 Å². The molecule has 1 amide bonds. The molecule has 8 heteroatoms. The Bertz CT molecular complexity index is 978. The molecule has 0 fully saturated rings. The van der Waals surface area contributed by atoms with Gasteiger partial charge in [0.1, 0.15) is 17.6 Å². The molecule has 0 heterocycles. The number of amides is 1. The third-order valence-electron chi connectivity index (χ3n) is 4.72. The van der Waals surface area contributed by atoms with E-state index >= 15 is 0 Å². The Hall–Kier alpha value is -2.61. The summed E-state index contributed by atoms with van der Waals surface area (Å²) >= 11 is 0. The van der Waals surface area contributed by atoms with E-state index in [1.807, 2.05) is 32.0 Å². The highest BCUT2D eigenvalue weighted by Crippen LogP contribution is 2.26. The average Bonchev–Trinajstić information content (AvgIpc) is 2.66. The normalized spacial score (nSPS) is 13.4. The van der Waals surface area contributed by atoms with Crippen molar-refractivity contribution in [3.05, 3.63) is 59.4 Å². The van der Waals surface area contributed by atoms with Crippen LogP contribution in [0, 0.1) is 12.7 Å². The van der Waals surface area contributed by atoms with Crippen molar-refractivity contribution < 1.29 is 22.3 Å². The fourth-order valence-electron chi connectivity index (χ4n) is 3.24. The molecule has 1 N–H and O–H groups in total. The van der Waals surface area contributed by atoms with Crippen LogP contribution in [-0.2, 0) is 14.8 Å². The zero-order chi connectivity index (χ0) is 21.8. The number of ether oxygens (including phenoxy) is 1. The van der Waals surface area contributed by atoms with Crippen molar-refractivity contribution in [2.24, 2.45) is 0 Å². The highest BCUT2D eigenvalue weighted by atomic mass is 32.2.